The summed E-state index contributed by atoms with van der Waals surface area (Å²) in [7, 11) is 0. The van der Waals surface area contributed by atoms with Gasteiger partial charge in [0.15, 0.2) is 0 Å². The molecule has 0 aromatic heterocycles. The maximum Gasteiger partial charge on any atom is 0.0570 e. The van der Waals surface area contributed by atoms with E-state index in [9.17, 15) is 5.11 Å². The molecule has 15 heavy (non-hydrogen) atoms. The lowest BCUT2D eigenvalue weighted by Gasteiger charge is -2.28. The Morgan fingerprint density at radius 3 is 1.80 bits per heavy atom. The lowest BCUT2D eigenvalue weighted by atomic mass is 9.80. The van der Waals surface area contributed by atoms with E-state index in [0.29, 0.717) is 23.2 Å². The Labute approximate surface area is 96.3 Å². The highest BCUT2D eigenvalue weighted by atomic mass is 16.3. The minimum atomic E-state index is -0.137. The quantitative estimate of drug-likeness (QED) is 0.730. The maximum absolute atomic E-state index is 10.1. The molecule has 92 valence electrons. The summed E-state index contributed by atoms with van der Waals surface area (Å²) in [5.74, 6) is 1.59. The normalized spacial score (nSPS) is 19.0. The average molecular weight is 214 g/mol. The Hall–Kier alpha value is -0.0400. The number of hydrogen-bond acceptors (Lipinski definition) is 1. The molecule has 1 nitrogen and oxygen atoms in total. The number of rotatable bonds is 5. The lowest BCUT2D eigenvalue weighted by Crippen LogP contribution is -2.25. The van der Waals surface area contributed by atoms with Crippen LogP contribution in [0.2, 0.25) is 0 Å². The Balaban J connectivity index is 4.01. The molecule has 1 heteroatoms. The Morgan fingerprint density at radius 1 is 1.00 bits per heavy atom. The van der Waals surface area contributed by atoms with Crippen LogP contribution in [0.4, 0.5) is 0 Å². The predicted molar refractivity (Wildman–Crippen MR) is 67.9 cm³/mol. The van der Waals surface area contributed by atoms with E-state index in [2.05, 4.69) is 48.5 Å². The molecular weight excluding hydrogens is 184 g/mol. The summed E-state index contributed by atoms with van der Waals surface area (Å²) in [4.78, 5) is 0. The number of aliphatic hydroxyl groups is 1. The second-order valence-corrected chi connectivity index (χ2v) is 6.78. The number of aliphatic hydroxyl groups excluding tert-OH is 1. The second-order valence-electron chi connectivity index (χ2n) is 6.78. The van der Waals surface area contributed by atoms with Crippen LogP contribution >= 0.6 is 0 Å². The van der Waals surface area contributed by atoms with Gasteiger partial charge in [-0.15, -0.1) is 0 Å². The third-order valence-electron chi connectivity index (χ3n) is 3.26. The first-order chi connectivity index (χ1) is 6.63. The highest BCUT2D eigenvalue weighted by molar-refractivity contribution is 4.73. The van der Waals surface area contributed by atoms with Crippen molar-refractivity contribution >= 4 is 0 Å². The van der Waals surface area contributed by atoms with Crippen molar-refractivity contribution in [1.82, 2.24) is 0 Å². The first kappa shape index (κ1) is 15.0. The van der Waals surface area contributed by atoms with Crippen molar-refractivity contribution in [1.29, 1.82) is 0 Å². The summed E-state index contributed by atoms with van der Waals surface area (Å²) in [6.45, 7) is 15.6. The average Bonchev–Trinajstić information content (AvgIpc) is 1.98. The standard InChI is InChI=1S/C14H30O/c1-10(2)12(4)13(15)8-11(3)9-14(5,6)7/h10-13,15H,8-9H2,1-7H3. The Bertz CT molecular complexity index is 167. The molecule has 0 fully saturated rings. The summed E-state index contributed by atoms with van der Waals surface area (Å²) in [5, 5.41) is 10.1. The molecule has 3 unspecified atom stereocenters. The maximum atomic E-state index is 10.1. The predicted octanol–water partition coefficient (Wildman–Crippen LogP) is 4.10. The van der Waals surface area contributed by atoms with Gasteiger partial charge in [0, 0.05) is 0 Å². The van der Waals surface area contributed by atoms with Gasteiger partial charge < -0.3 is 5.11 Å². The lowest BCUT2D eigenvalue weighted by molar-refractivity contribution is 0.0640. The zero-order valence-corrected chi connectivity index (χ0v) is 11.7. The Morgan fingerprint density at radius 2 is 1.47 bits per heavy atom. The molecule has 0 aliphatic carbocycles. The van der Waals surface area contributed by atoms with Crippen LogP contribution in [0.1, 0.15) is 61.3 Å². The largest absolute Gasteiger partial charge is 0.393 e. The fourth-order valence-electron chi connectivity index (χ4n) is 2.20. The van der Waals surface area contributed by atoms with E-state index in [1.807, 2.05) is 0 Å². The van der Waals surface area contributed by atoms with Gasteiger partial charge in [0.25, 0.3) is 0 Å². The van der Waals surface area contributed by atoms with Gasteiger partial charge in [-0.3, -0.25) is 0 Å². The molecule has 3 atom stereocenters. The van der Waals surface area contributed by atoms with Gasteiger partial charge in [0.05, 0.1) is 6.10 Å². The van der Waals surface area contributed by atoms with Gasteiger partial charge >= 0.3 is 0 Å². The molecule has 0 saturated carbocycles. The molecule has 0 aromatic rings. The molecule has 0 aliphatic heterocycles. The highest BCUT2D eigenvalue weighted by Gasteiger charge is 2.22. The summed E-state index contributed by atoms with van der Waals surface area (Å²) in [6.07, 6.45) is 1.99. The van der Waals surface area contributed by atoms with E-state index in [4.69, 9.17) is 0 Å². The topological polar surface area (TPSA) is 20.2 Å². The van der Waals surface area contributed by atoms with E-state index in [0.717, 1.165) is 6.42 Å². The summed E-state index contributed by atoms with van der Waals surface area (Å²) in [5.41, 5.74) is 0.375. The second kappa shape index (κ2) is 5.89. The van der Waals surface area contributed by atoms with Crippen molar-refractivity contribution < 1.29 is 5.11 Å². The smallest absolute Gasteiger partial charge is 0.0570 e. The van der Waals surface area contributed by atoms with Crippen LogP contribution < -0.4 is 0 Å². The summed E-state index contributed by atoms with van der Waals surface area (Å²) >= 11 is 0. The van der Waals surface area contributed by atoms with Gasteiger partial charge in [-0.25, -0.2) is 0 Å². The molecule has 0 bridgehead atoms. The van der Waals surface area contributed by atoms with E-state index >= 15 is 0 Å². The molecule has 0 saturated heterocycles. The zero-order valence-electron chi connectivity index (χ0n) is 11.7. The van der Waals surface area contributed by atoms with E-state index < -0.39 is 0 Å². The molecular formula is C14H30O. The molecule has 1 N–H and O–H groups in total. The van der Waals surface area contributed by atoms with Crippen molar-refractivity contribution in [2.45, 2.75) is 67.4 Å². The minimum absolute atomic E-state index is 0.137. The summed E-state index contributed by atoms with van der Waals surface area (Å²) < 4.78 is 0. The van der Waals surface area contributed by atoms with E-state index in [1.54, 1.807) is 0 Å². The Kier molecular flexibility index (Phi) is 5.87. The van der Waals surface area contributed by atoms with Gasteiger partial charge in [0.1, 0.15) is 0 Å². The van der Waals surface area contributed by atoms with Gasteiger partial charge in [-0.1, -0.05) is 48.5 Å². The zero-order chi connectivity index (χ0) is 12.2. The monoisotopic (exact) mass is 214 g/mol. The summed E-state index contributed by atoms with van der Waals surface area (Å²) in [6, 6.07) is 0. The first-order valence-electron chi connectivity index (χ1n) is 6.31. The molecule has 0 radical (unpaired) electrons. The van der Waals surface area contributed by atoms with Crippen LogP contribution in [0, 0.1) is 23.2 Å². The molecule has 0 rings (SSSR count). The molecule has 0 spiro atoms. The van der Waals surface area contributed by atoms with Crippen LogP contribution in [0.15, 0.2) is 0 Å². The van der Waals surface area contributed by atoms with Gasteiger partial charge in [-0.2, -0.15) is 0 Å². The molecule has 0 aliphatic rings. The van der Waals surface area contributed by atoms with Crippen molar-refractivity contribution in [3.63, 3.8) is 0 Å². The van der Waals surface area contributed by atoms with Crippen LogP contribution in [0.25, 0.3) is 0 Å². The third kappa shape index (κ3) is 6.94. The molecule has 0 amide bonds. The fourth-order valence-corrected chi connectivity index (χ4v) is 2.20. The highest BCUT2D eigenvalue weighted by Crippen LogP contribution is 2.29. The SMILES string of the molecule is CC(CC(O)C(C)C(C)C)CC(C)(C)C. The molecule has 0 aromatic carbocycles. The van der Waals surface area contributed by atoms with Crippen LogP contribution in [-0.2, 0) is 0 Å². The first-order valence-corrected chi connectivity index (χ1v) is 6.31. The van der Waals surface area contributed by atoms with Crippen LogP contribution in [0.3, 0.4) is 0 Å². The third-order valence-corrected chi connectivity index (χ3v) is 3.26. The minimum Gasteiger partial charge on any atom is -0.393 e. The van der Waals surface area contributed by atoms with E-state index in [1.165, 1.54) is 6.42 Å². The van der Waals surface area contributed by atoms with E-state index in [-0.39, 0.29) is 6.10 Å². The molecule has 0 heterocycles. The van der Waals surface area contributed by atoms with Crippen molar-refractivity contribution in [3.05, 3.63) is 0 Å². The van der Waals surface area contributed by atoms with Crippen LogP contribution in [-0.4, -0.2) is 11.2 Å². The number of hydrogen-bond donors (Lipinski definition) is 1. The van der Waals surface area contributed by atoms with Crippen molar-refractivity contribution in [2.24, 2.45) is 23.2 Å². The fraction of sp³-hybridized carbons (Fsp3) is 1.00. The van der Waals surface area contributed by atoms with Gasteiger partial charge in [0.2, 0.25) is 0 Å². The van der Waals surface area contributed by atoms with Crippen molar-refractivity contribution in [2.75, 3.05) is 0 Å². The van der Waals surface area contributed by atoms with Crippen LogP contribution in [0.5, 0.6) is 0 Å². The van der Waals surface area contributed by atoms with Crippen molar-refractivity contribution in [3.8, 4) is 0 Å². The van der Waals surface area contributed by atoms with Gasteiger partial charge in [-0.05, 0) is 36.0 Å².